The summed E-state index contributed by atoms with van der Waals surface area (Å²) >= 11 is 0. The number of imidazole rings is 2. The van der Waals surface area contributed by atoms with E-state index in [1.807, 2.05) is 12.5 Å². The van der Waals surface area contributed by atoms with Gasteiger partial charge < -0.3 is 25.9 Å². The highest BCUT2D eigenvalue weighted by atomic mass is 15.2. The van der Waals surface area contributed by atoms with Gasteiger partial charge in [0, 0.05) is 43.5 Å². The number of anilines is 2. The van der Waals surface area contributed by atoms with Gasteiger partial charge >= 0.3 is 0 Å². The standard InChI is InChI=1S/C22H33N9/c23-15-7-9-16(10-8-15)28-22-29-20(26-11-3-6-18-24-12-13-25-18)19-21(30-22)31(14-27-19)17-4-1-2-5-17/h12-17H,1-11,23H2,(H,24,25)(H2,26,28,29,30). The summed E-state index contributed by atoms with van der Waals surface area (Å²) in [5.41, 5.74) is 7.88. The molecule has 0 bridgehead atoms. The van der Waals surface area contributed by atoms with Crippen LogP contribution in [-0.4, -0.2) is 48.1 Å². The van der Waals surface area contributed by atoms with Crippen LogP contribution in [0.3, 0.4) is 0 Å². The molecule has 166 valence electrons. The number of hydrogen-bond acceptors (Lipinski definition) is 7. The van der Waals surface area contributed by atoms with Crippen LogP contribution in [0.5, 0.6) is 0 Å². The van der Waals surface area contributed by atoms with Gasteiger partial charge in [0.25, 0.3) is 0 Å². The molecule has 0 aliphatic heterocycles. The van der Waals surface area contributed by atoms with E-state index in [1.165, 1.54) is 25.7 Å². The van der Waals surface area contributed by atoms with Crippen molar-refractivity contribution in [3.05, 3.63) is 24.5 Å². The van der Waals surface area contributed by atoms with Crippen LogP contribution in [0.15, 0.2) is 18.7 Å². The molecule has 0 unspecified atom stereocenters. The molecule has 9 nitrogen and oxygen atoms in total. The van der Waals surface area contributed by atoms with Gasteiger partial charge in [-0.05, 0) is 44.9 Å². The van der Waals surface area contributed by atoms with Crippen LogP contribution in [0.4, 0.5) is 11.8 Å². The number of aromatic amines is 1. The third-order valence-corrected chi connectivity index (χ3v) is 6.68. The molecule has 2 saturated carbocycles. The Kier molecular flexibility index (Phi) is 6.01. The molecule has 3 aromatic heterocycles. The van der Waals surface area contributed by atoms with Gasteiger partial charge in [0.15, 0.2) is 17.0 Å². The van der Waals surface area contributed by atoms with Gasteiger partial charge in [0.2, 0.25) is 5.95 Å². The van der Waals surface area contributed by atoms with Crippen LogP contribution in [0, 0.1) is 0 Å². The van der Waals surface area contributed by atoms with E-state index in [0.29, 0.717) is 24.1 Å². The van der Waals surface area contributed by atoms with Gasteiger partial charge in [0.05, 0.1) is 6.33 Å². The summed E-state index contributed by atoms with van der Waals surface area (Å²) in [5.74, 6) is 2.52. The molecule has 0 saturated heterocycles. The molecular weight excluding hydrogens is 390 g/mol. The van der Waals surface area contributed by atoms with E-state index in [1.54, 1.807) is 6.20 Å². The highest BCUT2D eigenvalue weighted by Crippen LogP contribution is 2.33. The van der Waals surface area contributed by atoms with Gasteiger partial charge in [0.1, 0.15) is 5.82 Å². The summed E-state index contributed by atoms with van der Waals surface area (Å²) in [7, 11) is 0. The van der Waals surface area contributed by atoms with Crippen molar-refractivity contribution in [3.8, 4) is 0 Å². The smallest absolute Gasteiger partial charge is 0.227 e. The number of nitrogens with one attached hydrogen (secondary N) is 3. The fourth-order valence-electron chi connectivity index (χ4n) is 4.90. The Bertz CT molecular complexity index is 966. The van der Waals surface area contributed by atoms with Gasteiger partial charge in [-0.1, -0.05) is 12.8 Å². The lowest BCUT2D eigenvalue weighted by Gasteiger charge is -2.27. The molecule has 2 fully saturated rings. The number of aryl methyl sites for hydroxylation is 1. The van der Waals surface area contributed by atoms with Crippen LogP contribution in [0.2, 0.25) is 0 Å². The van der Waals surface area contributed by atoms with E-state index >= 15 is 0 Å². The maximum absolute atomic E-state index is 6.08. The first kappa shape index (κ1) is 20.2. The Morgan fingerprint density at radius 2 is 1.90 bits per heavy atom. The number of fused-ring (bicyclic) bond motifs is 1. The summed E-state index contributed by atoms with van der Waals surface area (Å²) in [4.78, 5) is 21.9. The minimum Gasteiger partial charge on any atom is -0.368 e. The second-order valence-corrected chi connectivity index (χ2v) is 8.98. The highest BCUT2D eigenvalue weighted by Gasteiger charge is 2.23. The third-order valence-electron chi connectivity index (χ3n) is 6.68. The van der Waals surface area contributed by atoms with E-state index < -0.39 is 0 Å². The molecule has 0 spiro atoms. The fraction of sp³-hybridized carbons (Fsp3) is 0.636. The Balaban J connectivity index is 1.35. The van der Waals surface area contributed by atoms with Crippen molar-refractivity contribution in [3.63, 3.8) is 0 Å². The second-order valence-electron chi connectivity index (χ2n) is 8.98. The molecule has 0 amide bonds. The first-order valence-electron chi connectivity index (χ1n) is 11.7. The lowest BCUT2D eigenvalue weighted by molar-refractivity contribution is 0.410. The van der Waals surface area contributed by atoms with E-state index in [4.69, 9.17) is 20.7 Å². The first-order valence-corrected chi connectivity index (χ1v) is 11.7. The molecule has 5 N–H and O–H groups in total. The Hall–Kier alpha value is -2.68. The summed E-state index contributed by atoms with van der Waals surface area (Å²) in [5, 5.41) is 7.09. The fourth-order valence-corrected chi connectivity index (χ4v) is 4.90. The zero-order valence-electron chi connectivity index (χ0n) is 18.1. The molecule has 2 aliphatic rings. The number of nitrogens with two attached hydrogens (primary N) is 1. The van der Waals surface area contributed by atoms with Crippen molar-refractivity contribution in [2.24, 2.45) is 5.73 Å². The monoisotopic (exact) mass is 423 g/mol. The summed E-state index contributed by atoms with van der Waals surface area (Å²) < 4.78 is 2.26. The number of aromatic nitrogens is 6. The molecule has 0 aromatic carbocycles. The molecule has 2 aliphatic carbocycles. The molecular formula is C22H33N9. The molecule has 31 heavy (non-hydrogen) atoms. The van der Waals surface area contributed by atoms with Crippen LogP contribution in [-0.2, 0) is 6.42 Å². The average Bonchev–Trinajstić information content (AvgIpc) is 3.54. The van der Waals surface area contributed by atoms with Crippen LogP contribution < -0.4 is 16.4 Å². The summed E-state index contributed by atoms with van der Waals surface area (Å²) in [6.07, 6.45) is 16.7. The largest absolute Gasteiger partial charge is 0.368 e. The van der Waals surface area contributed by atoms with Crippen molar-refractivity contribution >= 4 is 22.9 Å². The quantitative estimate of drug-likeness (QED) is 0.410. The molecule has 3 heterocycles. The highest BCUT2D eigenvalue weighted by molar-refractivity contribution is 5.84. The van der Waals surface area contributed by atoms with E-state index in [-0.39, 0.29) is 0 Å². The predicted octanol–water partition coefficient (Wildman–Crippen LogP) is 3.39. The normalized spacial score (nSPS) is 22.2. The Morgan fingerprint density at radius 1 is 1.06 bits per heavy atom. The average molecular weight is 424 g/mol. The molecule has 0 atom stereocenters. The number of rotatable bonds is 8. The van der Waals surface area contributed by atoms with Crippen molar-refractivity contribution < 1.29 is 0 Å². The summed E-state index contributed by atoms with van der Waals surface area (Å²) in [6, 6.07) is 1.20. The topological polar surface area (TPSA) is 122 Å². The predicted molar refractivity (Wildman–Crippen MR) is 122 cm³/mol. The SMILES string of the molecule is NC1CCC(Nc2nc(NCCCc3ncc[nH]3)c3ncn(C4CCCC4)c3n2)CC1. The second kappa shape index (κ2) is 9.21. The molecule has 5 rings (SSSR count). The van der Waals surface area contributed by atoms with E-state index in [9.17, 15) is 0 Å². The van der Waals surface area contributed by atoms with Crippen molar-refractivity contribution in [1.29, 1.82) is 0 Å². The maximum atomic E-state index is 6.08. The Labute approximate surface area is 182 Å². The van der Waals surface area contributed by atoms with Gasteiger partial charge in [-0.25, -0.2) is 9.97 Å². The van der Waals surface area contributed by atoms with Crippen molar-refractivity contribution in [1.82, 2.24) is 29.5 Å². The minimum absolute atomic E-state index is 0.330. The number of H-pyrrole nitrogens is 1. The van der Waals surface area contributed by atoms with Crippen molar-refractivity contribution in [2.45, 2.75) is 82.3 Å². The van der Waals surface area contributed by atoms with Crippen molar-refractivity contribution in [2.75, 3.05) is 17.2 Å². The molecule has 3 aromatic rings. The lowest BCUT2D eigenvalue weighted by atomic mass is 9.92. The van der Waals surface area contributed by atoms with Crippen LogP contribution in [0.25, 0.3) is 11.2 Å². The van der Waals surface area contributed by atoms with E-state index in [2.05, 4.69) is 25.2 Å². The Morgan fingerprint density at radius 3 is 2.68 bits per heavy atom. The minimum atomic E-state index is 0.330. The number of hydrogen-bond donors (Lipinski definition) is 4. The van der Waals surface area contributed by atoms with Gasteiger partial charge in [-0.3, -0.25) is 0 Å². The molecule has 0 radical (unpaired) electrons. The maximum Gasteiger partial charge on any atom is 0.227 e. The third kappa shape index (κ3) is 4.66. The zero-order chi connectivity index (χ0) is 21.0. The zero-order valence-corrected chi connectivity index (χ0v) is 18.1. The first-order chi connectivity index (χ1) is 15.3. The summed E-state index contributed by atoms with van der Waals surface area (Å²) in [6.45, 7) is 0.806. The lowest BCUT2D eigenvalue weighted by Crippen LogP contribution is -2.33. The van der Waals surface area contributed by atoms with Crippen LogP contribution in [0.1, 0.15) is 69.7 Å². The van der Waals surface area contributed by atoms with E-state index in [0.717, 1.165) is 67.9 Å². The number of nitrogens with zero attached hydrogens (tertiary/aromatic N) is 5. The van der Waals surface area contributed by atoms with Crippen LogP contribution >= 0.6 is 0 Å². The van der Waals surface area contributed by atoms with Gasteiger partial charge in [-0.2, -0.15) is 9.97 Å². The van der Waals surface area contributed by atoms with Gasteiger partial charge in [-0.15, -0.1) is 0 Å². The molecule has 9 heteroatoms.